The Hall–Kier alpha value is -0.160. The molecule has 4 heteroatoms. The summed E-state index contributed by atoms with van der Waals surface area (Å²) in [7, 11) is 0. The van der Waals surface area contributed by atoms with Gasteiger partial charge in [0.2, 0.25) is 0 Å². The predicted octanol–water partition coefficient (Wildman–Crippen LogP) is 0.677. The standard InChI is InChI=1S/C10H20N2O2.C2H6/c1(11-3-7-13-8-4-11)2-12-5-9-14-10-6-12;1-2/h1-10H2;1-2H3. The molecule has 2 aliphatic heterocycles. The van der Waals surface area contributed by atoms with Crippen molar-refractivity contribution in [3.8, 4) is 0 Å². The topological polar surface area (TPSA) is 24.9 Å². The zero-order valence-electron chi connectivity index (χ0n) is 10.8. The Bertz CT molecular complexity index is 137. The molecule has 0 aliphatic carbocycles. The van der Waals surface area contributed by atoms with Crippen molar-refractivity contribution in [2.24, 2.45) is 0 Å². The molecule has 0 aromatic carbocycles. The molecular formula is C12H26N2O2. The molecule has 0 atom stereocenters. The van der Waals surface area contributed by atoms with E-state index >= 15 is 0 Å². The van der Waals surface area contributed by atoms with Crippen LogP contribution in [0, 0.1) is 0 Å². The van der Waals surface area contributed by atoms with Crippen LogP contribution in [-0.4, -0.2) is 75.5 Å². The zero-order chi connectivity index (χ0) is 11.6. The maximum atomic E-state index is 5.32. The second-order valence-electron chi connectivity index (χ2n) is 3.91. The van der Waals surface area contributed by atoms with Gasteiger partial charge in [0.15, 0.2) is 0 Å². The van der Waals surface area contributed by atoms with E-state index in [1.165, 1.54) is 13.1 Å². The van der Waals surface area contributed by atoms with Crippen LogP contribution >= 0.6 is 0 Å². The van der Waals surface area contributed by atoms with E-state index in [2.05, 4.69) is 9.80 Å². The Morgan fingerprint density at radius 3 is 1.31 bits per heavy atom. The number of rotatable bonds is 3. The van der Waals surface area contributed by atoms with Gasteiger partial charge in [-0.3, -0.25) is 9.80 Å². The highest BCUT2D eigenvalue weighted by molar-refractivity contribution is 4.67. The number of nitrogens with zero attached hydrogens (tertiary/aromatic N) is 2. The molecule has 0 saturated carbocycles. The van der Waals surface area contributed by atoms with Gasteiger partial charge in [-0.2, -0.15) is 0 Å². The lowest BCUT2D eigenvalue weighted by atomic mass is 10.3. The highest BCUT2D eigenvalue weighted by atomic mass is 16.5. The molecule has 0 spiro atoms. The average molecular weight is 230 g/mol. The fourth-order valence-electron chi connectivity index (χ4n) is 1.93. The van der Waals surface area contributed by atoms with Crippen LogP contribution < -0.4 is 0 Å². The SMILES string of the molecule is C1CN(CCN2CCOCC2)CCO1.CC. The van der Waals surface area contributed by atoms with E-state index in [4.69, 9.17) is 9.47 Å². The third-order valence-corrected chi connectivity index (χ3v) is 2.94. The summed E-state index contributed by atoms with van der Waals surface area (Å²) in [5, 5.41) is 0. The molecule has 2 heterocycles. The van der Waals surface area contributed by atoms with Crippen molar-refractivity contribution in [2.75, 3.05) is 65.7 Å². The van der Waals surface area contributed by atoms with Gasteiger partial charge in [0, 0.05) is 39.3 Å². The van der Waals surface area contributed by atoms with E-state index in [0.29, 0.717) is 0 Å². The molecule has 2 aliphatic rings. The van der Waals surface area contributed by atoms with Crippen LogP contribution in [0.2, 0.25) is 0 Å². The van der Waals surface area contributed by atoms with Crippen LogP contribution in [-0.2, 0) is 9.47 Å². The lowest BCUT2D eigenvalue weighted by molar-refractivity contribution is 0.0136. The lowest BCUT2D eigenvalue weighted by Crippen LogP contribution is -2.44. The largest absolute Gasteiger partial charge is 0.379 e. The first kappa shape index (κ1) is 13.9. The monoisotopic (exact) mass is 230 g/mol. The summed E-state index contributed by atoms with van der Waals surface area (Å²) >= 11 is 0. The van der Waals surface area contributed by atoms with E-state index < -0.39 is 0 Å². The third kappa shape index (κ3) is 5.25. The van der Waals surface area contributed by atoms with Gasteiger partial charge in [0.25, 0.3) is 0 Å². The molecule has 96 valence electrons. The minimum absolute atomic E-state index is 0.906. The summed E-state index contributed by atoms with van der Waals surface area (Å²) < 4.78 is 10.6. The summed E-state index contributed by atoms with van der Waals surface area (Å²) in [6.45, 7) is 14.4. The molecule has 2 fully saturated rings. The Morgan fingerprint density at radius 1 is 0.688 bits per heavy atom. The van der Waals surface area contributed by atoms with E-state index in [9.17, 15) is 0 Å². The van der Waals surface area contributed by atoms with Gasteiger partial charge in [-0.05, 0) is 0 Å². The van der Waals surface area contributed by atoms with E-state index in [0.717, 1.165) is 52.6 Å². The fourth-order valence-corrected chi connectivity index (χ4v) is 1.93. The van der Waals surface area contributed by atoms with E-state index in [-0.39, 0.29) is 0 Å². The lowest BCUT2D eigenvalue weighted by Gasteiger charge is -2.31. The molecule has 0 unspecified atom stereocenters. The Morgan fingerprint density at radius 2 is 1.00 bits per heavy atom. The van der Waals surface area contributed by atoms with Gasteiger partial charge in [-0.25, -0.2) is 0 Å². The van der Waals surface area contributed by atoms with Gasteiger partial charge in [-0.15, -0.1) is 0 Å². The zero-order valence-corrected chi connectivity index (χ0v) is 10.8. The second-order valence-corrected chi connectivity index (χ2v) is 3.91. The molecule has 2 rings (SSSR count). The summed E-state index contributed by atoms with van der Waals surface area (Å²) in [5.74, 6) is 0. The molecule has 4 nitrogen and oxygen atoms in total. The minimum Gasteiger partial charge on any atom is -0.379 e. The maximum Gasteiger partial charge on any atom is 0.0594 e. The van der Waals surface area contributed by atoms with Crippen molar-refractivity contribution in [2.45, 2.75) is 13.8 Å². The molecule has 0 amide bonds. The summed E-state index contributed by atoms with van der Waals surface area (Å²) in [6.07, 6.45) is 0. The molecule has 0 aromatic heterocycles. The molecule has 0 radical (unpaired) electrons. The molecular weight excluding hydrogens is 204 g/mol. The summed E-state index contributed by atoms with van der Waals surface area (Å²) in [5.41, 5.74) is 0. The first-order valence-electron chi connectivity index (χ1n) is 6.55. The van der Waals surface area contributed by atoms with Crippen LogP contribution in [0.1, 0.15) is 13.8 Å². The predicted molar refractivity (Wildman–Crippen MR) is 65.9 cm³/mol. The number of morpholine rings is 2. The van der Waals surface area contributed by atoms with E-state index in [1.54, 1.807) is 0 Å². The van der Waals surface area contributed by atoms with Crippen LogP contribution in [0.25, 0.3) is 0 Å². The Kier molecular flexibility index (Phi) is 7.76. The Balaban J connectivity index is 0.000000606. The smallest absolute Gasteiger partial charge is 0.0594 e. The molecule has 0 aromatic rings. The first-order valence-corrected chi connectivity index (χ1v) is 6.55. The number of hydrogen-bond acceptors (Lipinski definition) is 4. The van der Waals surface area contributed by atoms with Crippen LogP contribution in [0.3, 0.4) is 0 Å². The number of hydrogen-bond donors (Lipinski definition) is 0. The van der Waals surface area contributed by atoms with Crippen molar-refractivity contribution in [3.63, 3.8) is 0 Å². The van der Waals surface area contributed by atoms with Crippen molar-refractivity contribution in [1.82, 2.24) is 9.80 Å². The molecule has 2 saturated heterocycles. The minimum atomic E-state index is 0.906. The normalized spacial score (nSPS) is 23.6. The van der Waals surface area contributed by atoms with Crippen molar-refractivity contribution >= 4 is 0 Å². The highest BCUT2D eigenvalue weighted by Crippen LogP contribution is 2.00. The maximum absolute atomic E-state index is 5.32. The highest BCUT2D eigenvalue weighted by Gasteiger charge is 2.13. The molecule has 0 N–H and O–H groups in total. The Labute approximate surface area is 99.5 Å². The summed E-state index contributed by atoms with van der Waals surface area (Å²) in [4.78, 5) is 4.97. The van der Waals surface area contributed by atoms with Gasteiger partial charge < -0.3 is 9.47 Å². The summed E-state index contributed by atoms with van der Waals surface area (Å²) in [6, 6.07) is 0. The number of ether oxygens (including phenoxy) is 2. The second kappa shape index (κ2) is 8.93. The van der Waals surface area contributed by atoms with Crippen LogP contribution in [0.4, 0.5) is 0 Å². The fraction of sp³-hybridized carbons (Fsp3) is 1.00. The van der Waals surface area contributed by atoms with Gasteiger partial charge in [0.05, 0.1) is 26.4 Å². The first-order chi connectivity index (χ1) is 7.95. The molecule has 0 bridgehead atoms. The van der Waals surface area contributed by atoms with Gasteiger partial charge >= 0.3 is 0 Å². The van der Waals surface area contributed by atoms with Gasteiger partial charge in [0.1, 0.15) is 0 Å². The average Bonchev–Trinajstić information content (AvgIpc) is 2.41. The molecule has 16 heavy (non-hydrogen) atoms. The van der Waals surface area contributed by atoms with Crippen LogP contribution in [0.15, 0.2) is 0 Å². The quantitative estimate of drug-likeness (QED) is 0.712. The van der Waals surface area contributed by atoms with Gasteiger partial charge in [-0.1, -0.05) is 13.8 Å². The van der Waals surface area contributed by atoms with Crippen molar-refractivity contribution in [1.29, 1.82) is 0 Å². The third-order valence-electron chi connectivity index (χ3n) is 2.94. The van der Waals surface area contributed by atoms with Crippen LogP contribution in [0.5, 0.6) is 0 Å². The van der Waals surface area contributed by atoms with E-state index in [1.807, 2.05) is 13.8 Å². The van der Waals surface area contributed by atoms with Crippen molar-refractivity contribution in [3.05, 3.63) is 0 Å². The van der Waals surface area contributed by atoms with Crippen molar-refractivity contribution < 1.29 is 9.47 Å².